The van der Waals surface area contributed by atoms with Crippen LogP contribution in [0.25, 0.3) is 22.1 Å². The highest BCUT2D eigenvalue weighted by Gasteiger charge is 2.29. The van der Waals surface area contributed by atoms with E-state index in [-0.39, 0.29) is 11.8 Å². The molecule has 0 N–H and O–H groups in total. The second-order valence-electron chi connectivity index (χ2n) is 7.06. The smallest absolute Gasteiger partial charge is 0.290 e. The van der Waals surface area contributed by atoms with Crippen LogP contribution in [0.5, 0.6) is 5.75 Å². The number of ether oxygens (including phenoxy) is 1. The molecule has 1 aliphatic rings. The van der Waals surface area contributed by atoms with Gasteiger partial charge in [-0.05, 0) is 17.7 Å². The van der Waals surface area contributed by atoms with Crippen molar-refractivity contribution in [1.82, 2.24) is 9.80 Å². The van der Waals surface area contributed by atoms with E-state index in [2.05, 4.69) is 0 Å². The highest BCUT2D eigenvalue weighted by molar-refractivity contribution is 6.08. The Morgan fingerprint density at radius 2 is 1.69 bits per heavy atom. The maximum absolute atomic E-state index is 13.4. The zero-order valence-corrected chi connectivity index (χ0v) is 16.7. The van der Waals surface area contributed by atoms with Crippen molar-refractivity contribution in [2.45, 2.75) is 13.3 Å². The SMILES string of the molecule is CCC(=O)N1CCN(C(=O)c2oc3cc(OC)ccc3c2-c2ccccc2)CC1. The first kappa shape index (κ1) is 19.1. The Balaban J connectivity index is 1.71. The van der Waals surface area contributed by atoms with Crippen molar-refractivity contribution in [2.75, 3.05) is 33.3 Å². The maximum atomic E-state index is 13.4. The molecule has 1 aliphatic heterocycles. The van der Waals surface area contributed by atoms with E-state index in [1.54, 1.807) is 18.1 Å². The molecule has 1 saturated heterocycles. The molecule has 0 aliphatic carbocycles. The Kier molecular flexibility index (Phi) is 5.25. The van der Waals surface area contributed by atoms with Crippen LogP contribution >= 0.6 is 0 Å². The summed E-state index contributed by atoms with van der Waals surface area (Å²) < 4.78 is 11.4. The fraction of sp³-hybridized carbons (Fsp3) is 0.304. The summed E-state index contributed by atoms with van der Waals surface area (Å²) in [6.45, 7) is 3.95. The molecule has 0 saturated carbocycles. The predicted octanol–water partition coefficient (Wildman–Crippen LogP) is 3.80. The van der Waals surface area contributed by atoms with E-state index in [0.29, 0.717) is 49.7 Å². The van der Waals surface area contributed by atoms with Gasteiger partial charge in [-0.15, -0.1) is 0 Å². The minimum Gasteiger partial charge on any atom is -0.497 e. The molecule has 0 spiro atoms. The second-order valence-corrected chi connectivity index (χ2v) is 7.06. The number of methoxy groups -OCH3 is 1. The van der Waals surface area contributed by atoms with E-state index >= 15 is 0 Å². The maximum Gasteiger partial charge on any atom is 0.290 e. The van der Waals surface area contributed by atoms with E-state index in [1.165, 1.54) is 0 Å². The van der Waals surface area contributed by atoms with Crippen LogP contribution in [-0.4, -0.2) is 54.9 Å². The minimum atomic E-state index is -0.150. The normalized spacial score (nSPS) is 14.3. The van der Waals surface area contributed by atoms with Crippen LogP contribution in [0.15, 0.2) is 52.9 Å². The summed E-state index contributed by atoms with van der Waals surface area (Å²) in [5, 5.41) is 0.875. The number of hydrogen-bond donors (Lipinski definition) is 0. The molecule has 6 nitrogen and oxygen atoms in total. The van der Waals surface area contributed by atoms with Crippen LogP contribution in [0.4, 0.5) is 0 Å². The lowest BCUT2D eigenvalue weighted by molar-refractivity contribution is -0.132. The molecule has 2 heterocycles. The highest BCUT2D eigenvalue weighted by Crippen LogP contribution is 2.37. The van der Waals surface area contributed by atoms with Crippen LogP contribution in [0.2, 0.25) is 0 Å². The lowest BCUT2D eigenvalue weighted by atomic mass is 10.0. The number of benzene rings is 2. The van der Waals surface area contributed by atoms with Gasteiger partial charge in [0.25, 0.3) is 5.91 Å². The van der Waals surface area contributed by atoms with Gasteiger partial charge in [0.05, 0.1) is 7.11 Å². The number of nitrogens with zero attached hydrogens (tertiary/aromatic N) is 2. The van der Waals surface area contributed by atoms with E-state index < -0.39 is 0 Å². The molecule has 1 aromatic heterocycles. The largest absolute Gasteiger partial charge is 0.497 e. The Morgan fingerprint density at radius 3 is 2.34 bits per heavy atom. The van der Waals surface area contributed by atoms with Crippen molar-refractivity contribution in [3.8, 4) is 16.9 Å². The number of carbonyl (C=O) groups is 2. The van der Waals surface area contributed by atoms with Crippen LogP contribution in [0, 0.1) is 0 Å². The number of fused-ring (bicyclic) bond motifs is 1. The lowest BCUT2D eigenvalue weighted by Crippen LogP contribution is -2.50. The number of rotatable bonds is 4. The summed E-state index contributed by atoms with van der Waals surface area (Å²) >= 11 is 0. The van der Waals surface area contributed by atoms with Gasteiger partial charge in [0.1, 0.15) is 11.3 Å². The number of carbonyl (C=O) groups excluding carboxylic acids is 2. The fourth-order valence-corrected chi connectivity index (χ4v) is 3.77. The summed E-state index contributed by atoms with van der Waals surface area (Å²) in [6.07, 6.45) is 0.484. The molecule has 2 amide bonds. The van der Waals surface area contributed by atoms with Crippen molar-refractivity contribution < 1.29 is 18.7 Å². The molecule has 4 rings (SSSR count). The van der Waals surface area contributed by atoms with Gasteiger partial charge in [0.15, 0.2) is 0 Å². The van der Waals surface area contributed by atoms with Gasteiger partial charge in [-0.2, -0.15) is 0 Å². The molecular formula is C23H24N2O4. The molecule has 0 radical (unpaired) electrons. The third kappa shape index (κ3) is 3.58. The van der Waals surface area contributed by atoms with E-state index in [1.807, 2.05) is 54.3 Å². The van der Waals surface area contributed by atoms with Crippen molar-refractivity contribution in [3.63, 3.8) is 0 Å². The summed E-state index contributed by atoms with van der Waals surface area (Å²) in [6, 6.07) is 15.4. The number of amides is 2. The minimum absolute atomic E-state index is 0.123. The summed E-state index contributed by atoms with van der Waals surface area (Å²) in [5.41, 5.74) is 2.34. The van der Waals surface area contributed by atoms with Gasteiger partial charge in [0, 0.05) is 49.6 Å². The fourth-order valence-electron chi connectivity index (χ4n) is 3.77. The molecular weight excluding hydrogens is 368 g/mol. The predicted molar refractivity (Wildman–Crippen MR) is 111 cm³/mol. The molecule has 0 bridgehead atoms. The molecule has 3 aromatic rings. The van der Waals surface area contributed by atoms with E-state index in [9.17, 15) is 9.59 Å². The Morgan fingerprint density at radius 1 is 1.00 bits per heavy atom. The van der Waals surface area contributed by atoms with Crippen molar-refractivity contribution in [3.05, 3.63) is 54.3 Å². The first-order valence-electron chi connectivity index (χ1n) is 9.85. The molecule has 6 heteroatoms. The van der Waals surface area contributed by atoms with Gasteiger partial charge in [-0.3, -0.25) is 9.59 Å². The van der Waals surface area contributed by atoms with Gasteiger partial charge in [-0.1, -0.05) is 37.3 Å². The van der Waals surface area contributed by atoms with Crippen LogP contribution < -0.4 is 4.74 Å². The molecule has 29 heavy (non-hydrogen) atoms. The van der Waals surface area contributed by atoms with Crippen LogP contribution in [0.1, 0.15) is 23.9 Å². The van der Waals surface area contributed by atoms with Crippen molar-refractivity contribution >= 4 is 22.8 Å². The molecule has 1 fully saturated rings. The Bertz CT molecular complexity index is 1030. The number of hydrogen-bond acceptors (Lipinski definition) is 4. The molecule has 0 atom stereocenters. The van der Waals surface area contributed by atoms with Gasteiger partial charge in [0.2, 0.25) is 11.7 Å². The van der Waals surface area contributed by atoms with Crippen LogP contribution in [-0.2, 0) is 4.79 Å². The zero-order valence-electron chi connectivity index (χ0n) is 16.7. The van der Waals surface area contributed by atoms with Crippen LogP contribution in [0.3, 0.4) is 0 Å². The second kappa shape index (κ2) is 7.99. The standard InChI is InChI=1S/C23H24N2O4/c1-3-20(26)24-11-13-25(14-12-24)23(27)22-21(16-7-5-4-6-8-16)18-10-9-17(28-2)15-19(18)29-22/h4-10,15H,3,11-14H2,1-2H3. The molecule has 150 valence electrons. The number of piperazine rings is 1. The quantitative estimate of drug-likeness (QED) is 0.677. The molecule has 0 unspecified atom stereocenters. The summed E-state index contributed by atoms with van der Waals surface area (Å²) in [7, 11) is 1.60. The monoisotopic (exact) mass is 392 g/mol. The Hall–Kier alpha value is -3.28. The third-order valence-corrected chi connectivity index (χ3v) is 5.38. The Labute approximate surface area is 169 Å². The summed E-state index contributed by atoms with van der Waals surface area (Å²) in [5.74, 6) is 0.979. The average molecular weight is 392 g/mol. The first-order valence-corrected chi connectivity index (χ1v) is 9.85. The average Bonchev–Trinajstić information content (AvgIpc) is 3.17. The first-order chi connectivity index (χ1) is 14.1. The third-order valence-electron chi connectivity index (χ3n) is 5.38. The highest BCUT2D eigenvalue weighted by atomic mass is 16.5. The molecule has 2 aromatic carbocycles. The summed E-state index contributed by atoms with van der Waals surface area (Å²) in [4.78, 5) is 28.9. The van der Waals surface area contributed by atoms with E-state index in [0.717, 1.165) is 16.5 Å². The zero-order chi connectivity index (χ0) is 20.4. The number of furan rings is 1. The van der Waals surface area contributed by atoms with Gasteiger partial charge < -0.3 is 19.0 Å². The van der Waals surface area contributed by atoms with Crippen molar-refractivity contribution in [1.29, 1.82) is 0 Å². The van der Waals surface area contributed by atoms with Crippen molar-refractivity contribution in [2.24, 2.45) is 0 Å². The van der Waals surface area contributed by atoms with Gasteiger partial charge >= 0.3 is 0 Å². The topological polar surface area (TPSA) is 63.0 Å². The van der Waals surface area contributed by atoms with E-state index in [4.69, 9.17) is 9.15 Å². The lowest BCUT2D eigenvalue weighted by Gasteiger charge is -2.34. The van der Waals surface area contributed by atoms with Gasteiger partial charge in [-0.25, -0.2) is 0 Å².